The van der Waals surface area contributed by atoms with E-state index in [0.717, 1.165) is 16.9 Å². The number of nitrogens with zero attached hydrogens (tertiary/aromatic N) is 1. The van der Waals surface area contributed by atoms with Gasteiger partial charge in [-0.3, -0.25) is 14.5 Å². The molecule has 2 heterocycles. The Morgan fingerprint density at radius 3 is 2.43 bits per heavy atom. The molecule has 0 aliphatic carbocycles. The maximum Gasteiger partial charge on any atom is 0.300 e. The van der Waals surface area contributed by atoms with Crippen LogP contribution in [0.5, 0.6) is 17.2 Å². The van der Waals surface area contributed by atoms with Crippen LogP contribution in [0.4, 0.5) is 5.69 Å². The quantitative estimate of drug-likeness (QED) is 0.274. The molecule has 5 rings (SSSR count). The van der Waals surface area contributed by atoms with Crippen LogP contribution in [0.2, 0.25) is 0 Å². The summed E-state index contributed by atoms with van der Waals surface area (Å²) in [6, 6.07) is 16.4. The van der Waals surface area contributed by atoms with Crippen molar-refractivity contribution < 1.29 is 29.3 Å². The topological polar surface area (TPSA) is 96.3 Å². The molecule has 1 saturated heterocycles. The van der Waals surface area contributed by atoms with Gasteiger partial charge in [-0.1, -0.05) is 32.0 Å². The Kier molecular flexibility index (Phi) is 6.15. The minimum atomic E-state index is -0.954. The summed E-state index contributed by atoms with van der Waals surface area (Å²) >= 11 is 0. The minimum absolute atomic E-state index is 0.0223. The molecule has 0 radical (unpaired) electrons. The van der Waals surface area contributed by atoms with Gasteiger partial charge in [0, 0.05) is 17.7 Å². The molecule has 2 N–H and O–H groups in total. The molecule has 2 aliphatic rings. The van der Waals surface area contributed by atoms with Gasteiger partial charge in [0.1, 0.15) is 17.6 Å². The average Bonchev–Trinajstić information content (AvgIpc) is 3.38. The largest absolute Gasteiger partial charge is 0.507 e. The summed E-state index contributed by atoms with van der Waals surface area (Å²) in [4.78, 5) is 28.2. The highest BCUT2D eigenvalue weighted by atomic mass is 16.5. The number of fused-ring (bicyclic) bond motifs is 1. The van der Waals surface area contributed by atoms with Crippen molar-refractivity contribution in [3.05, 3.63) is 88.5 Å². The van der Waals surface area contributed by atoms with E-state index in [9.17, 15) is 19.8 Å². The van der Waals surface area contributed by atoms with Crippen LogP contribution in [0.25, 0.3) is 5.76 Å². The van der Waals surface area contributed by atoms with Crippen LogP contribution < -0.4 is 14.4 Å². The number of methoxy groups -OCH3 is 1. The van der Waals surface area contributed by atoms with Gasteiger partial charge in [0.2, 0.25) is 0 Å². The van der Waals surface area contributed by atoms with E-state index in [1.165, 1.54) is 18.1 Å². The van der Waals surface area contributed by atoms with Gasteiger partial charge in [0.15, 0.2) is 11.5 Å². The van der Waals surface area contributed by atoms with Gasteiger partial charge >= 0.3 is 0 Å². The Morgan fingerprint density at radius 2 is 1.78 bits per heavy atom. The number of Topliss-reactive ketones (excluding diaryl/α,β-unsaturated/α-hetero) is 1. The summed E-state index contributed by atoms with van der Waals surface area (Å²) < 4.78 is 10.9. The maximum atomic E-state index is 13.4. The first-order chi connectivity index (χ1) is 17.7. The van der Waals surface area contributed by atoms with E-state index in [4.69, 9.17) is 9.47 Å². The third-order valence-corrected chi connectivity index (χ3v) is 6.97. The highest BCUT2D eigenvalue weighted by molar-refractivity contribution is 6.51. The number of carbonyl (C=O) groups is 2. The first-order valence-electron chi connectivity index (χ1n) is 12.3. The zero-order chi connectivity index (χ0) is 26.4. The second kappa shape index (κ2) is 9.32. The molecule has 0 spiro atoms. The van der Waals surface area contributed by atoms with Crippen molar-refractivity contribution in [3.8, 4) is 17.2 Å². The average molecular weight is 500 g/mol. The summed E-state index contributed by atoms with van der Waals surface area (Å²) in [5.41, 5.74) is 3.37. The lowest BCUT2D eigenvalue weighted by molar-refractivity contribution is -0.132. The van der Waals surface area contributed by atoms with Crippen LogP contribution in [0.1, 0.15) is 55.0 Å². The number of anilines is 1. The number of ether oxygens (including phenoxy) is 2. The lowest BCUT2D eigenvalue weighted by atomic mass is 9.94. The van der Waals surface area contributed by atoms with Gasteiger partial charge < -0.3 is 19.7 Å². The van der Waals surface area contributed by atoms with Crippen molar-refractivity contribution in [2.75, 3.05) is 12.0 Å². The zero-order valence-electron chi connectivity index (χ0n) is 21.2. The number of carbonyl (C=O) groups excluding carboxylic acids is 2. The predicted octanol–water partition coefficient (Wildman–Crippen LogP) is 5.47. The second-order valence-electron chi connectivity index (χ2n) is 9.80. The Morgan fingerprint density at radius 1 is 1.05 bits per heavy atom. The van der Waals surface area contributed by atoms with E-state index >= 15 is 0 Å². The number of rotatable bonds is 5. The van der Waals surface area contributed by atoms with Gasteiger partial charge in [-0.2, -0.15) is 0 Å². The van der Waals surface area contributed by atoms with Crippen molar-refractivity contribution in [2.24, 2.45) is 0 Å². The van der Waals surface area contributed by atoms with E-state index in [1.807, 2.05) is 19.1 Å². The SMILES string of the molecule is COc1ccc(C2/C(=C(/O)c3ccc4c(c3)CC(C)O4)C(=O)C(=O)N2c2ccc(C(C)C)cc2)cc1O. The molecule has 0 bridgehead atoms. The second-order valence-corrected chi connectivity index (χ2v) is 9.80. The molecule has 1 fully saturated rings. The predicted molar refractivity (Wildman–Crippen MR) is 140 cm³/mol. The number of aliphatic hydroxyl groups excluding tert-OH is 1. The number of hydrogen-bond acceptors (Lipinski definition) is 6. The van der Waals surface area contributed by atoms with Gasteiger partial charge in [-0.25, -0.2) is 0 Å². The Hall–Kier alpha value is -4.26. The van der Waals surface area contributed by atoms with Crippen LogP contribution in [-0.2, 0) is 16.0 Å². The fourth-order valence-electron chi connectivity index (χ4n) is 5.04. The summed E-state index contributed by atoms with van der Waals surface area (Å²) in [6.45, 7) is 6.11. The molecule has 3 aromatic rings. The highest BCUT2D eigenvalue weighted by Crippen LogP contribution is 2.44. The van der Waals surface area contributed by atoms with E-state index in [0.29, 0.717) is 29.2 Å². The van der Waals surface area contributed by atoms with Gasteiger partial charge in [0.25, 0.3) is 11.7 Å². The molecule has 2 unspecified atom stereocenters. The molecule has 1 amide bonds. The number of amides is 1. The third kappa shape index (κ3) is 4.20. The molecule has 2 aliphatic heterocycles. The van der Waals surface area contributed by atoms with Crippen LogP contribution >= 0.6 is 0 Å². The van der Waals surface area contributed by atoms with Crippen molar-refractivity contribution in [2.45, 2.75) is 45.3 Å². The van der Waals surface area contributed by atoms with E-state index in [-0.39, 0.29) is 28.9 Å². The Labute approximate surface area is 215 Å². The van der Waals surface area contributed by atoms with Crippen LogP contribution in [0.15, 0.2) is 66.2 Å². The lowest BCUT2D eigenvalue weighted by Crippen LogP contribution is -2.29. The monoisotopic (exact) mass is 499 g/mol. The molecule has 37 heavy (non-hydrogen) atoms. The number of ketones is 1. The van der Waals surface area contributed by atoms with Crippen LogP contribution in [0, 0.1) is 0 Å². The minimum Gasteiger partial charge on any atom is -0.507 e. The first kappa shape index (κ1) is 24.4. The fourth-order valence-corrected chi connectivity index (χ4v) is 5.04. The Balaban J connectivity index is 1.68. The Bertz CT molecular complexity index is 1420. The molecular formula is C30H29NO6. The van der Waals surface area contributed by atoms with Gasteiger partial charge in [0.05, 0.1) is 18.7 Å². The van der Waals surface area contributed by atoms with Crippen molar-refractivity contribution in [1.29, 1.82) is 0 Å². The molecule has 3 aromatic carbocycles. The van der Waals surface area contributed by atoms with Crippen LogP contribution in [0.3, 0.4) is 0 Å². The maximum absolute atomic E-state index is 13.4. The number of hydrogen-bond donors (Lipinski definition) is 2. The molecule has 190 valence electrons. The van der Waals surface area contributed by atoms with Crippen molar-refractivity contribution in [1.82, 2.24) is 0 Å². The van der Waals surface area contributed by atoms with E-state index < -0.39 is 17.7 Å². The first-order valence-corrected chi connectivity index (χ1v) is 12.3. The lowest BCUT2D eigenvalue weighted by Gasteiger charge is -2.26. The number of phenols is 1. The third-order valence-electron chi connectivity index (χ3n) is 6.97. The summed E-state index contributed by atoms with van der Waals surface area (Å²) in [5.74, 6) is -0.661. The number of phenolic OH excluding ortho intramolecular Hbond substituents is 1. The summed E-state index contributed by atoms with van der Waals surface area (Å²) in [5, 5.41) is 21.9. The smallest absolute Gasteiger partial charge is 0.300 e. The molecule has 0 saturated carbocycles. The van der Waals surface area contributed by atoms with E-state index in [2.05, 4.69) is 13.8 Å². The summed E-state index contributed by atoms with van der Waals surface area (Å²) in [7, 11) is 1.44. The molecule has 7 nitrogen and oxygen atoms in total. The summed E-state index contributed by atoms with van der Waals surface area (Å²) in [6.07, 6.45) is 0.706. The standard InChI is InChI=1S/C30H29NO6/c1-16(2)18-5-9-22(10-6-18)31-27(19-7-12-25(36-4)23(32)15-19)26(29(34)30(31)35)28(33)20-8-11-24-21(14-20)13-17(3)37-24/h5-12,14-17,27,32-33H,13H2,1-4H3/b28-26-. The zero-order valence-corrected chi connectivity index (χ0v) is 21.2. The fraction of sp³-hybridized carbons (Fsp3) is 0.267. The van der Waals surface area contributed by atoms with Crippen LogP contribution in [-0.4, -0.2) is 35.1 Å². The normalized spacial score (nSPS) is 20.3. The highest BCUT2D eigenvalue weighted by Gasteiger charge is 2.47. The molecule has 7 heteroatoms. The number of benzene rings is 3. The number of aliphatic hydroxyl groups is 1. The number of aromatic hydroxyl groups is 1. The van der Waals surface area contributed by atoms with Gasteiger partial charge in [-0.15, -0.1) is 0 Å². The van der Waals surface area contributed by atoms with Crippen molar-refractivity contribution in [3.63, 3.8) is 0 Å². The van der Waals surface area contributed by atoms with Gasteiger partial charge in [-0.05, 0) is 72.0 Å². The molecular weight excluding hydrogens is 470 g/mol. The van der Waals surface area contributed by atoms with E-state index in [1.54, 1.807) is 42.5 Å². The molecule has 0 aromatic heterocycles. The molecule has 2 atom stereocenters. The van der Waals surface area contributed by atoms with Crippen molar-refractivity contribution >= 4 is 23.1 Å².